The highest BCUT2D eigenvalue weighted by Gasteiger charge is 2.30. The van der Waals surface area contributed by atoms with Crippen molar-refractivity contribution in [2.24, 2.45) is 5.92 Å². The molecule has 0 aromatic heterocycles. The smallest absolute Gasteiger partial charge is 0.311 e. The summed E-state index contributed by atoms with van der Waals surface area (Å²) in [4.78, 5) is 0. The fourth-order valence-corrected chi connectivity index (χ4v) is 1.81. The molecule has 0 aromatic rings. The molecular formula is C12H24F3N. The van der Waals surface area contributed by atoms with E-state index in [9.17, 15) is 13.2 Å². The third kappa shape index (κ3) is 7.97. The van der Waals surface area contributed by atoms with Crippen molar-refractivity contribution < 1.29 is 13.2 Å². The number of nitrogens with one attached hydrogen (secondary N) is 1. The van der Waals surface area contributed by atoms with E-state index >= 15 is 0 Å². The van der Waals surface area contributed by atoms with Gasteiger partial charge >= 0.3 is 6.18 Å². The van der Waals surface area contributed by atoms with Gasteiger partial charge in [0.25, 0.3) is 0 Å². The van der Waals surface area contributed by atoms with E-state index in [-0.39, 0.29) is 6.04 Å². The highest BCUT2D eigenvalue weighted by molar-refractivity contribution is 4.74. The Morgan fingerprint density at radius 3 is 2.00 bits per heavy atom. The van der Waals surface area contributed by atoms with E-state index in [2.05, 4.69) is 19.2 Å². The van der Waals surface area contributed by atoms with Gasteiger partial charge in [0, 0.05) is 12.1 Å². The topological polar surface area (TPSA) is 12.0 Å². The summed E-state index contributed by atoms with van der Waals surface area (Å²) in [5.74, 6) is 0.565. The Bertz CT molecular complexity index is 180. The lowest BCUT2D eigenvalue weighted by Crippen LogP contribution is -2.39. The lowest BCUT2D eigenvalue weighted by Gasteiger charge is -2.25. The predicted molar refractivity (Wildman–Crippen MR) is 61.4 cm³/mol. The van der Waals surface area contributed by atoms with Crippen LogP contribution in [0, 0.1) is 5.92 Å². The zero-order valence-corrected chi connectivity index (χ0v) is 10.7. The minimum atomic E-state index is -4.07. The van der Waals surface area contributed by atoms with Gasteiger partial charge in [0.15, 0.2) is 0 Å². The van der Waals surface area contributed by atoms with Crippen molar-refractivity contribution >= 4 is 0 Å². The summed E-state index contributed by atoms with van der Waals surface area (Å²) in [6.07, 6.45) is -1.90. The summed E-state index contributed by atoms with van der Waals surface area (Å²) in [5, 5.41) is 3.07. The molecule has 0 rings (SSSR count). The maximum Gasteiger partial charge on any atom is 0.390 e. The Labute approximate surface area is 96.8 Å². The van der Waals surface area contributed by atoms with Crippen molar-refractivity contribution in [2.45, 2.75) is 71.6 Å². The molecule has 16 heavy (non-hydrogen) atoms. The molecule has 1 N–H and O–H groups in total. The maximum atomic E-state index is 12.1. The molecule has 0 saturated carbocycles. The lowest BCUT2D eigenvalue weighted by atomic mass is 9.97. The van der Waals surface area contributed by atoms with Gasteiger partial charge in [0.2, 0.25) is 0 Å². The van der Waals surface area contributed by atoms with Gasteiger partial charge in [-0.2, -0.15) is 13.2 Å². The second kappa shape index (κ2) is 7.15. The minimum absolute atomic E-state index is 0.201. The van der Waals surface area contributed by atoms with E-state index < -0.39 is 18.6 Å². The summed E-state index contributed by atoms with van der Waals surface area (Å²) in [7, 11) is 0. The van der Waals surface area contributed by atoms with Crippen LogP contribution in [0.4, 0.5) is 13.2 Å². The van der Waals surface area contributed by atoms with Gasteiger partial charge in [-0.25, -0.2) is 0 Å². The summed E-state index contributed by atoms with van der Waals surface area (Å²) in [6.45, 7) is 7.86. The molecule has 0 aliphatic carbocycles. The summed E-state index contributed by atoms with van der Waals surface area (Å²) >= 11 is 0. The first-order valence-electron chi connectivity index (χ1n) is 6.11. The predicted octanol–water partition coefficient (Wildman–Crippen LogP) is 4.13. The van der Waals surface area contributed by atoms with E-state index in [1.165, 1.54) is 0 Å². The fourth-order valence-electron chi connectivity index (χ4n) is 1.81. The van der Waals surface area contributed by atoms with Gasteiger partial charge < -0.3 is 5.32 Å². The van der Waals surface area contributed by atoms with Gasteiger partial charge in [-0.3, -0.25) is 0 Å². The van der Waals surface area contributed by atoms with Crippen LogP contribution >= 0.6 is 0 Å². The van der Waals surface area contributed by atoms with Crippen LogP contribution in [0.3, 0.4) is 0 Å². The van der Waals surface area contributed by atoms with Crippen LogP contribution in [0.15, 0.2) is 0 Å². The third-order valence-corrected chi connectivity index (χ3v) is 2.93. The molecule has 0 bridgehead atoms. The Hall–Kier alpha value is -0.250. The minimum Gasteiger partial charge on any atom is -0.311 e. The van der Waals surface area contributed by atoms with Gasteiger partial charge in [0.05, 0.1) is 6.42 Å². The van der Waals surface area contributed by atoms with Crippen LogP contribution in [-0.2, 0) is 0 Å². The molecule has 0 aliphatic rings. The molecule has 4 heteroatoms. The van der Waals surface area contributed by atoms with Crippen LogP contribution in [0.5, 0.6) is 0 Å². The van der Waals surface area contributed by atoms with Crippen LogP contribution in [-0.4, -0.2) is 18.3 Å². The van der Waals surface area contributed by atoms with E-state index in [0.717, 1.165) is 19.3 Å². The van der Waals surface area contributed by atoms with E-state index in [1.807, 2.05) is 6.92 Å². The monoisotopic (exact) mass is 239 g/mol. The quantitative estimate of drug-likeness (QED) is 0.704. The lowest BCUT2D eigenvalue weighted by molar-refractivity contribution is -0.139. The first kappa shape index (κ1) is 15.8. The van der Waals surface area contributed by atoms with Crippen molar-refractivity contribution in [1.82, 2.24) is 5.32 Å². The SMILES string of the molecule is CCC(C)CC(CC)NC(C)CC(F)(F)F. The maximum absolute atomic E-state index is 12.1. The van der Waals surface area contributed by atoms with Crippen LogP contribution < -0.4 is 5.32 Å². The molecular weight excluding hydrogens is 215 g/mol. The fraction of sp³-hybridized carbons (Fsp3) is 1.00. The first-order chi connectivity index (χ1) is 7.28. The van der Waals surface area contributed by atoms with E-state index in [4.69, 9.17) is 0 Å². The largest absolute Gasteiger partial charge is 0.390 e. The van der Waals surface area contributed by atoms with Gasteiger partial charge in [-0.05, 0) is 25.7 Å². The third-order valence-electron chi connectivity index (χ3n) is 2.93. The number of hydrogen-bond acceptors (Lipinski definition) is 1. The molecule has 0 aliphatic heterocycles. The van der Waals surface area contributed by atoms with Crippen LogP contribution in [0.25, 0.3) is 0 Å². The molecule has 98 valence electrons. The normalized spacial score (nSPS) is 18.2. The Morgan fingerprint density at radius 1 is 1.06 bits per heavy atom. The highest BCUT2D eigenvalue weighted by atomic mass is 19.4. The average molecular weight is 239 g/mol. The van der Waals surface area contributed by atoms with Crippen LogP contribution in [0.1, 0.15) is 53.4 Å². The van der Waals surface area contributed by atoms with Crippen LogP contribution in [0.2, 0.25) is 0 Å². The first-order valence-corrected chi connectivity index (χ1v) is 6.11. The molecule has 1 nitrogen and oxygen atoms in total. The Kier molecular flexibility index (Phi) is 7.04. The average Bonchev–Trinajstić information content (AvgIpc) is 2.13. The zero-order chi connectivity index (χ0) is 12.8. The Morgan fingerprint density at radius 2 is 1.62 bits per heavy atom. The number of rotatable bonds is 7. The molecule has 0 saturated heterocycles. The van der Waals surface area contributed by atoms with Crippen molar-refractivity contribution in [1.29, 1.82) is 0 Å². The molecule has 0 heterocycles. The number of halogens is 3. The molecule has 0 radical (unpaired) electrons. The second-order valence-corrected chi connectivity index (χ2v) is 4.74. The summed E-state index contributed by atoms with van der Waals surface area (Å²) in [6, 6.07) is -0.290. The second-order valence-electron chi connectivity index (χ2n) is 4.74. The number of hydrogen-bond donors (Lipinski definition) is 1. The molecule has 0 aromatic carbocycles. The summed E-state index contributed by atoms with van der Waals surface area (Å²) in [5.41, 5.74) is 0. The molecule has 3 unspecified atom stereocenters. The van der Waals surface area contributed by atoms with Gasteiger partial charge in [-0.15, -0.1) is 0 Å². The highest BCUT2D eigenvalue weighted by Crippen LogP contribution is 2.22. The standard InChI is InChI=1S/C12H24F3N/c1-5-9(3)7-11(6-2)16-10(4)8-12(13,14)15/h9-11,16H,5-8H2,1-4H3. The Balaban J connectivity index is 4.01. The van der Waals surface area contributed by atoms with Gasteiger partial charge in [0.1, 0.15) is 0 Å². The van der Waals surface area contributed by atoms with E-state index in [0.29, 0.717) is 5.92 Å². The van der Waals surface area contributed by atoms with Crippen molar-refractivity contribution in [3.05, 3.63) is 0 Å². The van der Waals surface area contributed by atoms with Crippen molar-refractivity contribution in [2.75, 3.05) is 0 Å². The van der Waals surface area contributed by atoms with E-state index in [1.54, 1.807) is 6.92 Å². The molecule has 0 fully saturated rings. The molecule has 3 atom stereocenters. The molecule has 0 amide bonds. The van der Waals surface area contributed by atoms with Gasteiger partial charge in [-0.1, -0.05) is 27.2 Å². The molecule has 0 spiro atoms. The zero-order valence-electron chi connectivity index (χ0n) is 10.7. The summed E-state index contributed by atoms with van der Waals surface area (Å²) < 4.78 is 36.4. The van der Waals surface area contributed by atoms with Crippen molar-refractivity contribution in [3.63, 3.8) is 0 Å². The van der Waals surface area contributed by atoms with Crippen molar-refractivity contribution in [3.8, 4) is 0 Å². The number of alkyl halides is 3.